The largest absolute Gasteiger partial charge is 0.444 e. The van der Waals surface area contributed by atoms with E-state index < -0.39 is 5.60 Å². The van der Waals surface area contributed by atoms with E-state index in [1.807, 2.05) is 40.7 Å². The van der Waals surface area contributed by atoms with Crippen molar-refractivity contribution in [2.24, 2.45) is 0 Å². The predicted molar refractivity (Wildman–Crippen MR) is 77.1 cm³/mol. The lowest BCUT2D eigenvalue weighted by atomic mass is 10.1. The van der Waals surface area contributed by atoms with Crippen LogP contribution in [0.4, 0.5) is 4.79 Å². The van der Waals surface area contributed by atoms with Crippen LogP contribution in [0.2, 0.25) is 0 Å². The maximum Gasteiger partial charge on any atom is 0.407 e. The summed E-state index contributed by atoms with van der Waals surface area (Å²) in [5.41, 5.74) is 0.368. The minimum atomic E-state index is -0.458. The van der Waals surface area contributed by atoms with Crippen LogP contribution in [0.15, 0.2) is 11.6 Å². The van der Waals surface area contributed by atoms with E-state index in [1.54, 1.807) is 0 Å². The van der Waals surface area contributed by atoms with E-state index in [4.69, 9.17) is 4.74 Å². The van der Waals surface area contributed by atoms with E-state index in [0.717, 1.165) is 24.8 Å². The Balaban J connectivity index is 3.56. The summed E-state index contributed by atoms with van der Waals surface area (Å²) < 4.78 is 5.12. The first kappa shape index (κ1) is 17.7. The number of hydrogen-bond donors (Lipinski definition) is 1. The minimum Gasteiger partial charge on any atom is -0.444 e. The minimum absolute atomic E-state index is 0.211. The molecule has 1 N–H and O–H groups in total. The summed E-state index contributed by atoms with van der Waals surface area (Å²) in [7, 11) is 0. The molecular weight excluding hydrogens is 242 g/mol. The molecule has 0 unspecified atom stereocenters. The number of carbonyl (C=O) groups excluding carboxylic acids is 2. The summed E-state index contributed by atoms with van der Waals surface area (Å²) >= 11 is 0. The fourth-order valence-electron chi connectivity index (χ4n) is 1.45. The maximum absolute atomic E-state index is 11.5. The number of alkyl carbamates (subject to hydrolysis) is 1. The zero-order valence-corrected chi connectivity index (χ0v) is 12.8. The molecule has 0 fully saturated rings. The summed E-state index contributed by atoms with van der Waals surface area (Å²) in [5, 5.41) is 2.70. The Labute approximate surface area is 116 Å². The second-order valence-corrected chi connectivity index (χ2v) is 5.63. The molecule has 0 aliphatic rings. The van der Waals surface area contributed by atoms with E-state index in [9.17, 15) is 9.59 Å². The van der Waals surface area contributed by atoms with Crippen LogP contribution in [0, 0.1) is 0 Å². The van der Waals surface area contributed by atoms with Crippen molar-refractivity contribution in [1.29, 1.82) is 0 Å². The zero-order valence-electron chi connectivity index (χ0n) is 12.8. The number of carbonyl (C=O) groups is 2. The SMILES string of the molecule is C/C=C(\C)C(=O)CCCCCNC(=O)OC(C)(C)C. The smallest absolute Gasteiger partial charge is 0.407 e. The molecule has 0 saturated carbocycles. The average Bonchev–Trinajstić information content (AvgIpc) is 2.29. The molecule has 0 bridgehead atoms. The van der Waals surface area contributed by atoms with Crippen LogP contribution in [-0.2, 0) is 9.53 Å². The van der Waals surface area contributed by atoms with Gasteiger partial charge in [0.15, 0.2) is 5.78 Å². The standard InChI is InChI=1S/C15H27NO3/c1-6-12(2)13(17)10-8-7-9-11-16-14(18)19-15(3,4)5/h6H,7-11H2,1-5H3,(H,16,18)/b12-6+. The molecule has 0 radical (unpaired) electrons. The Hall–Kier alpha value is -1.32. The summed E-state index contributed by atoms with van der Waals surface area (Å²) in [4.78, 5) is 22.8. The van der Waals surface area contributed by atoms with Crippen molar-refractivity contribution in [3.05, 3.63) is 11.6 Å². The van der Waals surface area contributed by atoms with Gasteiger partial charge in [0.2, 0.25) is 0 Å². The monoisotopic (exact) mass is 269 g/mol. The van der Waals surface area contributed by atoms with Gasteiger partial charge < -0.3 is 10.1 Å². The summed E-state index contributed by atoms with van der Waals surface area (Å²) in [6.45, 7) is 9.81. The fraction of sp³-hybridized carbons (Fsp3) is 0.733. The van der Waals surface area contributed by atoms with E-state index in [2.05, 4.69) is 5.32 Å². The van der Waals surface area contributed by atoms with E-state index in [1.165, 1.54) is 0 Å². The Morgan fingerprint density at radius 3 is 2.32 bits per heavy atom. The van der Waals surface area contributed by atoms with Crippen molar-refractivity contribution in [2.45, 2.75) is 65.9 Å². The first-order valence-electron chi connectivity index (χ1n) is 6.89. The molecule has 0 aliphatic heterocycles. The Morgan fingerprint density at radius 1 is 1.16 bits per heavy atom. The molecule has 4 heteroatoms. The van der Waals surface area contributed by atoms with Crippen molar-refractivity contribution in [3.8, 4) is 0 Å². The third kappa shape index (κ3) is 10.3. The van der Waals surface area contributed by atoms with Crippen LogP contribution in [0.3, 0.4) is 0 Å². The van der Waals surface area contributed by atoms with Crippen molar-refractivity contribution in [2.75, 3.05) is 6.54 Å². The van der Waals surface area contributed by atoms with Gasteiger partial charge >= 0.3 is 6.09 Å². The Kier molecular flexibility index (Phi) is 8.12. The highest BCUT2D eigenvalue weighted by molar-refractivity contribution is 5.94. The van der Waals surface area contributed by atoms with Crippen LogP contribution in [0.1, 0.15) is 60.3 Å². The van der Waals surface area contributed by atoms with E-state index in [-0.39, 0.29) is 11.9 Å². The second kappa shape index (κ2) is 8.73. The van der Waals surface area contributed by atoms with Gasteiger partial charge in [-0.1, -0.05) is 12.5 Å². The normalized spacial score (nSPS) is 12.2. The number of unbranched alkanes of at least 4 members (excludes halogenated alkanes) is 2. The highest BCUT2D eigenvalue weighted by Crippen LogP contribution is 2.07. The van der Waals surface area contributed by atoms with E-state index in [0.29, 0.717) is 13.0 Å². The van der Waals surface area contributed by atoms with Crippen LogP contribution >= 0.6 is 0 Å². The molecule has 0 aromatic carbocycles. The molecule has 0 aliphatic carbocycles. The molecule has 0 saturated heterocycles. The van der Waals surface area contributed by atoms with Gasteiger partial charge in [0.1, 0.15) is 5.60 Å². The first-order chi connectivity index (χ1) is 8.76. The lowest BCUT2D eigenvalue weighted by molar-refractivity contribution is -0.115. The number of nitrogens with one attached hydrogen (secondary N) is 1. The quantitative estimate of drug-likeness (QED) is 0.567. The van der Waals surface area contributed by atoms with Gasteiger partial charge in [0.05, 0.1) is 0 Å². The molecule has 19 heavy (non-hydrogen) atoms. The van der Waals surface area contributed by atoms with Crippen LogP contribution in [0.25, 0.3) is 0 Å². The number of Topliss-reactive ketones (excluding diaryl/α,β-unsaturated/α-hetero) is 1. The second-order valence-electron chi connectivity index (χ2n) is 5.63. The Morgan fingerprint density at radius 2 is 1.79 bits per heavy atom. The molecule has 0 spiro atoms. The molecule has 0 aromatic heterocycles. The number of hydrogen-bond acceptors (Lipinski definition) is 3. The van der Waals surface area contributed by atoms with Gasteiger partial charge in [0, 0.05) is 13.0 Å². The van der Waals surface area contributed by atoms with Crippen molar-refractivity contribution < 1.29 is 14.3 Å². The topological polar surface area (TPSA) is 55.4 Å². The van der Waals surface area contributed by atoms with Gasteiger partial charge in [-0.05, 0) is 53.0 Å². The summed E-state index contributed by atoms with van der Waals surface area (Å²) in [5.74, 6) is 0.211. The molecule has 4 nitrogen and oxygen atoms in total. The van der Waals surface area contributed by atoms with E-state index >= 15 is 0 Å². The van der Waals surface area contributed by atoms with Crippen molar-refractivity contribution in [1.82, 2.24) is 5.32 Å². The van der Waals surface area contributed by atoms with Crippen molar-refractivity contribution >= 4 is 11.9 Å². The third-order valence-electron chi connectivity index (χ3n) is 2.62. The molecule has 0 rings (SSSR count). The lowest BCUT2D eigenvalue weighted by Crippen LogP contribution is -2.32. The van der Waals surface area contributed by atoms with Gasteiger partial charge in [0.25, 0.3) is 0 Å². The van der Waals surface area contributed by atoms with Gasteiger partial charge in [-0.15, -0.1) is 0 Å². The molecular formula is C15H27NO3. The van der Waals surface area contributed by atoms with Gasteiger partial charge in [-0.25, -0.2) is 4.79 Å². The highest BCUT2D eigenvalue weighted by atomic mass is 16.6. The number of ketones is 1. The average molecular weight is 269 g/mol. The number of allylic oxidation sites excluding steroid dienone is 2. The predicted octanol–water partition coefficient (Wildman–Crippen LogP) is 3.61. The number of amides is 1. The third-order valence-corrected chi connectivity index (χ3v) is 2.62. The Bertz CT molecular complexity index is 327. The highest BCUT2D eigenvalue weighted by Gasteiger charge is 2.15. The lowest BCUT2D eigenvalue weighted by Gasteiger charge is -2.19. The van der Waals surface area contributed by atoms with Crippen LogP contribution in [-0.4, -0.2) is 24.0 Å². The molecule has 1 amide bonds. The summed E-state index contributed by atoms with van der Waals surface area (Å²) in [6.07, 6.45) is 4.70. The van der Waals surface area contributed by atoms with Crippen molar-refractivity contribution in [3.63, 3.8) is 0 Å². The molecule has 110 valence electrons. The molecule has 0 heterocycles. The maximum atomic E-state index is 11.5. The molecule has 0 atom stereocenters. The zero-order chi connectivity index (χ0) is 14.9. The number of ether oxygens (including phenoxy) is 1. The van der Waals surface area contributed by atoms with Gasteiger partial charge in [-0.2, -0.15) is 0 Å². The first-order valence-corrected chi connectivity index (χ1v) is 6.89. The number of rotatable bonds is 7. The summed E-state index contributed by atoms with van der Waals surface area (Å²) in [6, 6.07) is 0. The van der Waals surface area contributed by atoms with Crippen LogP contribution < -0.4 is 5.32 Å². The molecule has 0 aromatic rings. The van der Waals surface area contributed by atoms with Gasteiger partial charge in [-0.3, -0.25) is 4.79 Å². The fourth-order valence-corrected chi connectivity index (χ4v) is 1.45. The van der Waals surface area contributed by atoms with Crippen LogP contribution in [0.5, 0.6) is 0 Å².